The van der Waals surface area contributed by atoms with Crippen LogP contribution in [-0.2, 0) is 4.79 Å². The van der Waals surface area contributed by atoms with Gasteiger partial charge in [-0.25, -0.2) is 0 Å². The summed E-state index contributed by atoms with van der Waals surface area (Å²) in [6, 6.07) is 10.2. The molecule has 2 aromatic rings. The molecule has 0 unspecified atom stereocenters. The van der Waals surface area contributed by atoms with Crippen LogP contribution in [0.3, 0.4) is 0 Å². The number of rotatable bonds is 5. The number of carbonyl (C=O) groups is 2. The zero-order valence-corrected chi connectivity index (χ0v) is 11.1. The van der Waals surface area contributed by atoms with E-state index in [1.165, 1.54) is 6.92 Å². The molecule has 4 N–H and O–H groups in total. The van der Waals surface area contributed by atoms with Crippen LogP contribution in [0.1, 0.15) is 17.3 Å². The van der Waals surface area contributed by atoms with Crippen molar-refractivity contribution in [3.05, 3.63) is 42.0 Å². The van der Waals surface area contributed by atoms with Gasteiger partial charge in [-0.1, -0.05) is 18.2 Å². The first-order valence-electron chi connectivity index (χ1n) is 6.24. The number of hydrogen-bond donors (Lipinski definition) is 3. The molecule has 0 bridgehead atoms. The van der Waals surface area contributed by atoms with E-state index in [0.29, 0.717) is 5.56 Å². The lowest BCUT2D eigenvalue weighted by molar-refractivity contribution is -0.138. The third kappa shape index (κ3) is 3.13. The molecule has 2 rings (SSSR count). The molecule has 0 aliphatic carbocycles. The number of carbonyl (C=O) groups excluding carboxylic acids is 1. The van der Waals surface area contributed by atoms with Gasteiger partial charge in [0.05, 0.1) is 0 Å². The lowest BCUT2D eigenvalue weighted by atomic mass is 10.0. The van der Waals surface area contributed by atoms with Gasteiger partial charge < -0.3 is 16.2 Å². The first kappa shape index (κ1) is 14.0. The molecule has 2 aromatic carbocycles. The largest absolute Gasteiger partial charge is 0.480 e. The molecule has 0 aliphatic heterocycles. The van der Waals surface area contributed by atoms with E-state index in [-0.39, 0.29) is 12.3 Å². The van der Waals surface area contributed by atoms with Crippen LogP contribution in [0.5, 0.6) is 0 Å². The van der Waals surface area contributed by atoms with Crippen molar-refractivity contribution in [1.29, 1.82) is 0 Å². The highest BCUT2D eigenvalue weighted by Crippen LogP contribution is 2.20. The number of carboxylic acids is 1. The summed E-state index contributed by atoms with van der Waals surface area (Å²) < 4.78 is 0. The number of nitrogens with two attached hydrogens (primary N) is 1. The van der Waals surface area contributed by atoms with E-state index >= 15 is 0 Å². The van der Waals surface area contributed by atoms with E-state index < -0.39 is 12.0 Å². The minimum Gasteiger partial charge on any atom is -0.480 e. The summed E-state index contributed by atoms with van der Waals surface area (Å²) >= 11 is 0. The minimum atomic E-state index is -1.04. The molecule has 5 heteroatoms. The van der Waals surface area contributed by atoms with E-state index in [0.717, 1.165) is 16.5 Å². The Labute approximate surface area is 116 Å². The molecule has 20 heavy (non-hydrogen) atoms. The maximum absolute atomic E-state index is 11.3. The molecular weight excluding hydrogens is 256 g/mol. The van der Waals surface area contributed by atoms with Crippen LogP contribution in [0.15, 0.2) is 36.4 Å². The molecule has 5 nitrogen and oxygen atoms in total. The predicted molar refractivity (Wildman–Crippen MR) is 78.1 cm³/mol. The van der Waals surface area contributed by atoms with Gasteiger partial charge in [0.25, 0.3) is 0 Å². The van der Waals surface area contributed by atoms with Crippen molar-refractivity contribution in [1.82, 2.24) is 0 Å². The van der Waals surface area contributed by atoms with E-state index in [4.69, 9.17) is 10.8 Å². The van der Waals surface area contributed by atoms with Crippen molar-refractivity contribution in [3.63, 3.8) is 0 Å². The van der Waals surface area contributed by atoms with Gasteiger partial charge in [-0.2, -0.15) is 0 Å². The smallest absolute Gasteiger partial charge is 0.322 e. The summed E-state index contributed by atoms with van der Waals surface area (Å²) in [5.41, 5.74) is 6.90. The highest BCUT2D eigenvalue weighted by Gasteiger charge is 2.10. The van der Waals surface area contributed by atoms with E-state index in [9.17, 15) is 9.59 Å². The maximum Gasteiger partial charge on any atom is 0.322 e. The Hall–Kier alpha value is -2.40. The molecule has 104 valence electrons. The van der Waals surface area contributed by atoms with Crippen molar-refractivity contribution in [2.45, 2.75) is 13.0 Å². The Bertz CT molecular complexity index is 667. The molecule has 0 fully saturated rings. The van der Waals surface area contributed by atoms with Gasteiger partial charge in [0, 0.05) is 17.8 Å². The normalized spacial score (nSPS) is 12.1. The first-order valence-corrected chi connectivity index (χ1v) is 6.24. The molecule has 0 aliphatic rings. The zero-order chi connectivity index (χ0) is 14.7. The summed E-state index contributed by atoms with van der Waals surface area (Å²) in [5.74, 6) is -1.01. The Morgan fingerprint density at radius 2 is 1.85 bits per heavy atom. The molecule has 0 heterocycles. The van der Waals surface area contributed by atoms with E-state index in [2.05, 4.69) is 5.32 Å². The van der Waals surface area contributed by atoms with Gasteiger partial charge >= 0.3 is 5.97 Å². The Morgan fingerprint density at radius 3 is 2.50 bits per heavy atom. The van der Waals surface area contributed by atoms with Crippen molar-refractivity contribution in [2.75, 3.05) is 11.9 Å². The number of nitrogens with one attached hydrogen (secondary N) is 1. The van der Waals surface area contributed by atoms with E-state index in [1.807, 2.05) is 30.3 Å². The van der Waals surface area contributed by atoms with E-state index in [1.54, 1.807) is 6.07 Å². The lowest BCUT2D eigenvalue weighted by Crippen LogP contribution is -2.36. The Morgan fingerprint density at radius 1 is 1.20 bits per heavy atom. The van der Waals surface area contributed by atoms with Crippen LogP contribution in [0.25, 0.3) is 10.8 Å². The number of carboxylic acid groups (broad SMARTS) is 1. The van der Waals surface area contributed by atoms with Crippen LogP contribution >= 0.6 is 0 Å². The minimum absolute atomic E-state index is 0.0292. The topological polar surface area (TPSA) is 92.4 Å². The average Bonchev–Trinajstić information content (AvgIpc) is 2.43. The monoisotopic (exact) mass is 272 g/mol. The number of benzene rings is 2. The van der Waals surface area contributed by atoms with Gasteiger partial charge in [-0.15, -0.1) is 0 Å². The Balaban J connectivity index is 2.19. The molecule has 0 saturated heterocycles. The molecule has 0 aromatic heterocycles. The van der Waals surface area contributed by atoms with Crippen molar-refractivity contribution in [2.24, 2.45) is 5.73 Å². The number of ketones is 1. The molecule has 1 atom stereocenters. The number of aliphatic carboxylic acids is 1. The third-order valence-corrected chi connectivity index (χ3v) is 3.09. The van der Waals surface area contributed by atoms with Gasteiger partial charge in [-0.3, -0.25) is 9.59 Å². The first-order chi connectivity index (χ1) is 9.47. The number of hydrogen-bond acceptors (Lipinski definition) is 4. The highest BCUT2D eigenvalue weighted by atomic mass is 16.4. The standard InChI is InChI=1S/C15H16N2O3/c1-9(18)10-2-3-12-7-13(5-4-11(12)6-10)17-8-14(16)15(19)20/h2-7,14,17H,8,16H2,1H3,(H,19,20)/t14-/m1/s1. The summed E-state index contributed by atoms with van der Waals surface area (Å²) in [7, 11) is 0. The lowest BCUT2D eigenvalue weighted by Gasteiger charge is -2.10. The quantitative estimate of drug-likeness (QED) is 0.722. The number of anilines is 1. The average molecular weight is 272 g/mol. The fourth-order valence-electron chi connectivity index (χ4n) is 1.89. The summed E-state index contributed by atoms with van der Waals surface area (Å²) in [4.78, 5) is 22.0. The summed E-state index contributed by atoms with van der Waals surface area (Å²) in [6.45, 7) is 1.69. The van der Waals surface area contributed by atoms with Gasteiger partial charge in [0.1, 0.15) is 6.04 Å². The summed E-state index contributed by atoms with van der Waals surface area (Å²) in [6.07, 6.45) is 0. The fourth-order valence-corrected chi connectivity index (χ4v) is 1.89. The number of fused-ring (bicyclic) bond motifs is 1. The van der Waals surface area contributed by atoms with Crippen LogP contribution in [0.4, 0.5) is 5.69 Å². The molecule has 0 spiro atoms. The third-order valence-electron chi connectivity index (χ3n) is 3.09. The van der Waals surface area contributed by atoms with Gasteiger partial charge in [-0.05, 0) is 35.9 Å². The molecule has 0 saturated carbocycles. The second-order valence-electron chi connectivity index (χ2n) is 4.66. The second kappa shape index (κ2) is 5.71. The predicted octanol–water partition coefficient (Wildman–Crippen LogP) is 1.87. The summed E-state index contributed by atoms with van der Waals surface area (Å²) in [5, 5.41) is 13.6. The van der Waals surface area contributed by atoms with Crippen molar-refractivity contribution < 1.29 is 14.7 Å². The Kier molecular flexibility index (Phi) is 4.00. The SMILES string of the molecule is CC(=O)c1ccc2cc(NC[C@@H](N)C(=O)O)ccc2c1. The van der Waals surface area contributed by atoms with Crippen LogP contribution < -0.4 is 11.1 Å². The molecular formula is C15H16N2O3. The fraction of sp³-hybridized carbons (Fsp3) is 0.200. The highest BCUT2D eigenvalue weighted by molar-refractivity contribution is 5.99. The zero-order valence-electron chi connectivity index (χ0n) is 11.1. The van der Waals surface area contributed by atoms with Crippen LogP contribution in [0.2, 0.25) is 0 Å². The maximum atomic E-state index is 11.3. The molecule has 0 radical (unpaired) electrons. The van der Waals surface area contributed by atoms with Crippen molar-refractivity contribution in [3.8, 4) is 0 Å². The van der Waals surface area contributed by atoms with Crippen LogP contribution in [0, 0.1) is 0 Å². The van der Waals surface area contributed by atoms with Gasteiger partial charge in [0.15, 0.2) is 5.78 Å². The second-order valence-corrected chi connectivity index (χ2v) is 4.66. The van der Waals surface area contributed by atoms with Crippen LogP contribution in [-0.4, -0.2) is 29.4 Å². The van der Waals surface area contributed by atoms with Crippen molar-refractivity contribution >= 4 is 28.2 Å². The number of Topliss-reactive ketones (excluding diaryl/α,β-unsaturated/α-hetero) is 1. The molecule has 0 amide bonds. The van der Waals surface area contributed by atoms with Gasteiger partial charge in [0.2, 0.25) is 0 Å².